The van der Waals surface area contributed by atoms with E-state index in [1.807, 2.05) is 0 Å². The molecule has 1 aliphatic carbocycles. The highest BCUT2D eigenvalue weighted by Gasteiger charge is 2.45. The maximum Gasteiger partial charge on any atom is 0.252 e. The van der Waals surface area contributed by atoms with Crippen molar-refractivity contribution in [3.8, 4) is 44.5 Å². The van der Waals surface area contributed by atoms with Crippen molar-refractivity contribution in [2.75, 3.05) is 9.80 Å². The second-order valence-corrected chi connectivity index (χ2v) is 21.6. The molecule has 0 atom stereocenters. The third-order valence-electron chi connectivity index (χ3n) is 17.2. The topological polar surface area (TPSA) is 6.48 Å². The number of rotatable bonds is 5. The average Bonchev–Trinajstić information content (AvgIpc) is 3.88. The number of fused-ring (bicyclic) bond motifs is 13. The Morgan fingerprint density at radius 3 is 1.26 bits per heavy atom. The van der Waals surface area contributed by atoms with Crippen LogP contribution in [0.25, 0.3) is 87.6 Å². The molecule has 16 rings (SSSR count). The molecule has 3 aliphatic rings. The molecular weight excluding hydrogens is 916 g/mol. The molecule has 13 aromatic rings. The molecule has 2 heterocycles. The van der Waals surface area contributed by atoms with Crippen LogP contribution in [0.3, 0.4) is 0 Å². The van der Waals surface area contributed by atoms with Gasteiger partial charge in [-0.2, -0.15) is 0 Å². The number of hydrogen-bond donors (Lipinski definition) is 0. The predicted octanol–water partition coefficient (Wildman–Crippen LogP) is 17.7. The fourth-order valence-electron chi connectivity index (χ4n) is 13.5. The first-order chi connectivity index (χ1) is 37.4. The van der Waals surface area contributed by atoms with E-state index in [2.05, 4.69) is 285 Å². The van der Waals surface area contributed by atoms with E-state index in [0.717, 1.165) is 11.4 Å². The minimum atomic E-state index is -0.150. The van der Waals surface area contributed by atoms with E-state index in [4.69, 9.17) is 0 Å². The molecule has 0 fully saturated rings. The largest absolute Gasteiger partial charge is 0.311 e. The summed E-state index contributed by atoms with van der Waals surface area (Å²) in [6.45, 7) is 4.68. The van der Waals surface area contributed by atoms with Gasteiger partial charge < -0.3 is 9.80 Å². The smallest absolute Gasteiger partial charge is 0.252 e. The van der Waals surface area contributed by atoms with Crippen molar-refractivity contribution in [2.24, 2.45) is 0 Å². The van der Waals surface area contributed by atoms with Crippen LogP contribution in [0.5, 0.6) is 0 Å². The molecule has 0 spiro atoms. The lowest BCUT2D eigenvalue weighted by atomic mass is 9.33. The van der Waals surface area contributed by atoms with Gasteiger partial charge >= 0.3 is 0 Å². The van der Waals surface area contributed by atoms with Gasteiger partial charge in [0.2, 0.25) is 0 Å². The molecule has 354 valence electrons. The van der Waals surface area contributed by atoms with Crippen LogP contribution in [0.1, 0.15) is 25.0 Å². The van der Waals surface area contributed by atoms with Crippen LogP contribution >= 0.6 is 0 Å². The number of nitrogens with zero attached hydrogens (tertiary/aromatic N) is 2. The maximum atomic E-state index is 2.59. The van der Waals surface area contributed by atoms with E-state index >= 15 is 0 Å². The van der Waals surface area contributed by atoms with Crippen molar-refractivity contribution in [2.45, 2.75) is 19.3 Å². The van der Waals surface area contributed by atoms with Gasteiger partial charge in [-0.05, 0) is 170 Å². The number of benzene rings is 13. The zero-order valence-electron chi connectivity index (χ0n) is 42.3. The second-order valence-electron chi connectivity index (χ2n) is 21.6. The summed E-state index contributed by atoms with van der Waals surface area (Å²) in [5, 5.41) is 10.0. The van der Waals surface area contributed by atoms with Gasteiger partial charge in [-0.15, -0.1) is 0 Å². The van der Waals surface area contributed by atoms with Crippen molar-refractivity contribution < 1.29 is 0 Å². The van der Waals surface area contributed by atoms with Gasteiger partial charge in [-0.3, -0.25) is 0 Å². The average molecular weight is 965 g/mol. The van der Waals surface area contributed by atoms with Crippen molar-refractivity contribution in [3.63, 3.8) is 0 Å². The highest BCUT2D eigenvalue weighted by atomic mass is 15.2. The minimum absolute atomic E-state index is 0.0936. The summed E-state index contributed by atoms with van der Waals surface area (Å²) >= 11 is 0. The van der Waals surface area contributed by atoms with Crippen LogP contribution in [0, 0.1) is 0 Å². The van der Waals surface area contributed by atoms with Crippen molar-refractivity contribution >= 4 is 100 Å². The normalized spacial score (nSPS) is 13.7. The molecule has 0 N–H and O–H groups in total. The quantitative estimate of drug-likeness (QED) is 0.125. The molecule has 13 aromatic carbocycles. The Morgan fingerprint density at radius 2 is 0.724 bits per heavy atom. The number of hydrogen-bond acceptors (Lipinski definition) is 2. The van der Waals surface area contributed by atoms with Crippen LogP contribution in [-0.4, -0.2) is 6.71 Å². The summed E-state index contributed by atoms with van der Waals surface area (Å²) in [6.07, 6.45) is 0. The Morgan fingerprint density at radius 1 is 0.289 bits per heavy atom. The first-order valence-corrected chi connectivity index (χ1v) is 26.7. The van der Waals surface area contributed by atoms with Crippen LogP contribution in [0.4, 0.5) is 34.1 Å². The summed E-state index contributed by atoms with van der Waals surface area (Å²) in [4.78, 5) is 5.17. The van der Waals surface area contributed by atoms with Crippen molar-refractivity contribution in [1.29, 1.82) is 0 Å². The fraction of sp³-hybridized carbons (Fsp3) is 0.0411. The van der Waals surface area contributed by atoms with Gasteiger partial charge in [0, 0.05) is 39.5 Å². The van der Waals surface area contributed by atoms with Crippen LogP contribution in [0.15, 0.2) is 261 Å². The first kappa shape index (κ1) is 43.0. The molecule has 3 heteroatoms. The third-order valence-corrected chi connectivity index (χ3v) is 17.2. The van der Waals surface area contributed by atoms with Crippen molar-refractivity contribution in [1.82, 2.24) is 0 Å². The van der Waals surface area contributed by atoms with E-state index in [0.29, 0.717) is 0 Å². The molecule has 0 unspecified atom stereocenters. The molecule has 0 radical (unpaired) electrons. The van der Waals surface area contributed by atoms with Gasteiger partial charge in [0.05, 0.1) is 0 Å². The molecule has 76 heavy (non-hydrogen) atoms. The Balaban J connectivity index is 1.02. The second kappa shape index (κ2) is 16.3. The molecule has 2 nitrogen and oxygen atoms in total. The molecule has 0 aromatic heterocycles. The fourth-order valence-corrected chi connectivity index (χ4v) is 13.5. The minimum Gasteiger partial charge on any atom is -0.311 e. The van der Waals surface area contributed by atoms with E-state index in [1.165, 1.54) is 138 Å². The van der Waals surface area contributed by atoms with E-state index in [-0.39, 0.29) is 12.1 Å². The first-order valence-electron chi connectivity index (χ1n) is 26.7. The van der Waals surface area contributed by atoms with Gasteiger partial charge in [0.1, 0.15) is 0 Å². The van der Waals surface area contributed by atoms with Crippen LogP contribution < -0.4 is 26.2 Å². The van der Waals surface area contributed by atoms with E-state index in [9.17, 15) is 0 Å². The van der Waals surface area contributed by atoms with Crippen LogP contribution in [0.2, 0.25) is 0 Å². The molecular formula is C73H49BN2. The lowest BCUT2D eigenvalue weighted by molar-refractivity contribution is 0.660. The Bertz CT molecular complexity index is 4310. The van der Waals surface area contributed by atoms with Gasteiger partial charge in [-0.25, -0.2) is 0 Å². The van der Waals surface area contributed by atoms with Crippen molar-refractivity contribution in [3.05, 3.63) is 272 Å². The summed E-state index contributed by atoms with van der Waals surface area (Å²) < 4.78 is 0. The Kier molecular flexibility index (Phi) is 9.21. The predicted molar refractivity (Wildman–Crippen MR) is 324 cm³/mol. The molecule has 0 amide bonds. The molecule has 0 bridgehead atoms. The Labute approximate surface area is 443 Å². The lowest BCUT2D eigenvalue weighted by Gasteiger charge is -2.45. The summed E-state index contributed by atoms with van der Waals surface area (Å²) in [6, 6.07) is 98.3. The third kappa shape index (κ3) is 6.36. The highest BCUT2D eigenvalue weighted by Crippen LogP contribution is 2.52. The van der Waals surface area contributed by atoms with Crippen LogP contribution in [-0.2, 0) is 5.41 Å². The zero-order valence-corrected chi connectivity index (χ0v) is 42.3. The molecule has 0 saturated heterocycles. The summed E-state index contributed by atoms with van der Waals surface area (Å²) in [5.74, 6) is 0. The molecule has 2 aliphatic heterocycles. The van der Waals surface area contributed by atoms with Gasteiger partial charge in [0.15, 0.2) is 0 Å². The molecule has 0 saturated carbocycles. The van der Waals surface area contributed by atoms with Gasteiger partial charge in [0.25, 0.3) is 6.71 Å². The monoisotopic (exact) mass is 964 g/mol. The number of anilines is 6. The van der Waals surface area contributed by atoms with E-state index < -0.39 is 0 Å². The zero-order chi connectivity index (χ0) is 50.2. The van der Waals surface area contributed by atoms with E-state index in [1.54, 1.807) is 0 Å². The van der Waals surface area contributed by atoms with Gasteiger partial charge in [-0.1, -0.05) is 220 Å². The summed E-state index contributed by atoms with van der Waals surface area (Å²) in [7, 11) is 0. The SMILES string of the molecule is CC1(C)c2ccccc2-c2ccc(-c3cc4c5c(c3)N(c3ccc(-c6ccccc6)cc3)c3cc6ccc7ccccc7c6cc3B5c3cc5c(ccc6ccccc65)cc3N4c3ccc(-c4ccccc4)cc3)cc21. The standard InChI is InChI=1S/C73H49BN2/c1-73(2)64-24-14-13-23-60(64)61-38-33-52(39-65(61)73)55-42-70-72-71(43-55)76(57-36-31-49(32-37-57)47-17-7-4-8-18-47)69-41-54-28-26-51-20-10-12-22-59(51)63(54)45-67(69)74(72)66-44-62-53(27-25-50-19-9-11-21-58(50)62)40-68(66)75(70)56-34-29-48(30-35-56)46-15-5-3-6-16-46/h3-45H,1-2H3. The Hall–Kier alpha value is -9.44. The highest BCUT2D eigenvalue weighted by molar-refractivity contribution is 7.00. The lowest BCUT2D eigenvalue weighted by Crippen LogP contribution is -2.61. The maximum absolute atomic E-state index is 2.59. The summed E-state index contributed by atoms with van der Waals surface area (Å²) in [5.41, 5.74) is 23.4.